The van der Waals surface area contributed by atoms with E-state index in [2.05, 4.69) is 62.1 Å². The number of aromatic nitrogens is 2. The Bertz CT molecular complexity index is 732. The van der Waals surface area contributed by atoms with Crippen molar-refractivity contribution in [1.29, 1.82) is 0 Å². The van der Waals surface area contributed by atoms with Gasteiger partial charge in [0.25, 0.3) is 0 Å². The van der Waals surface area contributed by atoms with Gasteiger partial charge < -0.3 is 4.90 Å². The summed E-state index contributed by atoms with van der Waals surface area (Å²) in [6.45, 7) is 15.1. The van der Waals surface area contributed by atoms with E-state index in [-0.39, 0.29) is 0 Å². The predicted octanol–water partition coefficient (Wildman–Crippen LogP) is 4.89. The summed E-state index contributed by atoms with van der Waals surface area (Å²) in [5, 5.41) is 0. The van der Waals surface area contributed by atoms with Gasteiger partial charge in [-0.3, -0.25) is 0 Å². The van der Waals surface area contributed by atoms with Gasteiger partial charge in [0, 0.05) is 24.7 Å². The molecule has 0 unspecified atom stereocenters. The number of benzene rings is 1. The summed E-state index contributed by atoms with van der Waals surface area (Å²) >= 11 is 0. The third kappa shape index (κ3) is 3.34. The lowest BCUT2D eigenvalue weighted by atomic mass is 9.96. The van der Waals surface area contributed by atoms with E-state index in [1.54, 1.807) is 0 Å². The Balaban J connectivity index is 2.75. The Labute approximate surface area is 139 Å². The number of hydrogen-bond donors (Lipinski definition) is 0. The van der Waals surface area contributed by atoms with Gasteiger partial charge >= 0.3 is 0 Å². The third-order valence-electron chi connectivity index (χ3n) is 3.95. The van der Waals surface area contributed by atoms with Crippen LogP contribution >= 0.6 is 0 Å². The van der Waals surface area contributed by atoms with Gasteiger partial charge in [0.15, 0.2) is 0 Å². The molecule has 1 aromatic carbocycles. The fourth-order valence-corrected chi connectivity index (χ4v) is 2.85. The zero-order chi connectivity index (χ0) is 17.0. The Morgan fingerprint density at radius 1 is 1.09 bits per heavy atom. The van der Waals surface area contributed by atoms with Crippen LogP contribution in [0, 0.1) is 13.8 Å². The maximum atomic E-state index is 4.71. The number of aryl methyl sites for hydroxylation is 2. The molecule has 0 saturated heterocycles. The topological polar surface area (TPSA) is 29.0 Å². The molecule has 0 spiro atoms. The molecule has 0 atom stereocenters. The van der Waals surface area contributed by atoms with Crippen LogP contribution in [0.5, 0.6) is 0 Å². The van der Waals surface area contributed by atoms with Crippen LogP contribution in [0.1, 0.15) is 35.9 Å². The SMILES string of the molecule is C=Cc1c(C)cccc1-c1nc(C)nc(N(C)CCC)c1C=C. The van der Waals surface area contributed by atoms with E-state index >= 15 is 0 Å². The molecule has 0 bridgehead atoms. The zero-order valence-corrected chi connectivity index (χ0v) is 14.6. The molecule has 0 radical (unpaired) electrons. The highest BCUT2D eigenvalue weighted by molar-refractivity contribution is 5.83. The van der Waals surface area contributed by atoms with E-state index in [0.717, 1.165) is 47.0 Å². The van der Waals surface area contributed by atoms with Crippen molar-refractivity contribution in [2.45, 2.75) is 27.2 Å². The molecule has 0 saturated carbocycles. The van der Waals surface area contributed by atoms with Crippen molar-refractivity contribution in [2.24, 2.45) is 0 Å². The lowest BCUT2D eigenvalue weighted by molar-refractivity contribution is 0.828. The smallest absolute Gasteiger partial charge is 0.139 e. The van der Waals surface area contributed by atoms with Crippen LogP contribution in [-0.2, 0) is 0 Å². The number of anilines is 1. The van der Waals surface area contributed by atoms with Gasteiger partial charge in [0.1, 0.15) is 11.6 Å². The molecular weight excluding hydrogens is 282 g/mol. The lowest BCUT2D eigenvalue weighted by Gasteiger charge is -2.22. The summed E-state index contributed by atoms with van der Waals surface area (Å²) in [5.74, 6) is 1.70. The van der Waals surface area contributed by atoms with Gasteiger partial charge in [-0.25, -0.2) is 9.97 Å². The Kier molecular flexibility index (Phi) is 5.32. The van der Waals surface area contributed by atoms with E-state index in [1.165, 1.54) is 5.56 Å². The first kappa shape index (κ1) is 16.9. The standard InChI is InChI=1S/C20H25N3/c1-7-13-23(6)20-17(9-3)19(21-15(5)22-20)18-12-10-11-14(4)16(18)8-2/h8-12H,2-3,7,13H2,1,4-6H3. The fourth-order valence-electron chi connectivity index (χ4n) is 2.85. The summed E-state index contributed by atoms with van der Waals surface area (Å²) in [7, 11) is 2.06. The second kappa shape index (κ2) is 7.23. The van der Waals surface area contributed by atoms with Crippen LogP contribution in [-0.4, -0.2) is 23.6 Å². The molecule has 2 aromatic rings. The third-order valence-corrected chi connectivity index (χ3v) is 3.95. The fraction of sp³-hybridized carbons (Fsp3) is 0.300. The minimum absolute atomic E-state index is 0.764. The van der Waals surface area contributed by atoms with Crippen molar-refractivity contribution in [3.8, 4) is 11.3 Å². The molecule has 3 nitrogen and oxygen atoms in total. The highest BCUT2D eigenvalue weighted by atomic mass is 15.2. The lowest BCUT2D eigenvalue weighted by Crippen LogP contribution is -2.21. The minimum atomic E-state index is 0.764. The molecule has 0 aliphatic heterocycles. The minimum Gasteiger partial charge on any atom is -0.359 e. The van der Waals surface area contributed by atoms with Crippen molar-refractivity contribution < 1.29 is 0 Å². The quantitative estimate of drug-likeness (QED) is 0.760. The predicted molar refractivity (Wildman–Crippen MR) is 101 cm³/mol. The molecule has 120 valence electrons. The number of hydrogen-bond acceptors (Lipinski definition) is 3. The first-order valence-electron chi connectivity index (χ1n) is 7.98. The van der Waals surface area contributed by atoms with Gasteiger partial charge in [-0.15, -0.1) is 0 Å². The molecule has 0 fully saturated rings. The Morgan fingerprint density at radius 2 is 1.78 bits per heavy atom. The van der Waals surface area contributed by atoms with Crippen molar-refractivity contribution in [2.75, 3.05) is 18.5 Å². The number of rotatable bonds is 6. The van der Waals surface area contributed by atoms with Gasteiger partial charge in [-0.2, -0.15) is 0 Å². The average molecular weight is 307 g/mol. The summed E-state index contributed by atoms with van der Waals surface area (Å²) in [6, 6.07) is 6.23. The van der Waals surface area contributed by atoms with Gasteiger partial charge in [-0.05, 0) is 31.4 Å². The number of nitrogens with zero attached hydrogens (tertiary/aromatic N) is 3. The van der Waals surface area contributed by atoms with E-state index < -0.39 is 0 Å². The normalized spacial score (nSPS) is 10.4. The first-order chi connectivity index (χ1) is 11.0. The van der Waals surface area contributed by atoms with Crippen molar-refractivity contribution >= 4 is 18.0 Å². The molecular formula is C20H25N3. The second-order valence-electron chi connectivity index (χ2n) is 5.72. The Morgan fingerprint density at radius 3 is 2.39 bits per heavy atom. The van der Waals surface area contributed by atoms with Crippen molar-refractivity contribution in [1.82, 2.24) is 9.97 Å². The molecule has 0 aliphatic carbocycles. The van der Waals surface area contributed by atoms with Crippen molar-refractivity contribution in [3.63, 3.8) is 0 Å². The summed E-state index contributed by atoms with van der Waals surface area (Å²) in [5.41, 5.74) is 5.26. The molecule has 1 aromatic heterocycles. The van der Waals surface area contributed by atoms with Crippen LogP contribution in [0.2, 0.25) is 0 Å². The summed E-state index contributed by atoms with van der Waals surface area (Å²) in [6.07, 6.45) is 4.81. The average Bonchev–Trinajstić information content (AvgIpc) is 2.54. The monoisotopic (exact) mass is 307 g/mol. The second-order valence-corrected chi connectivity index (χ2v) is 5.72. The van der Waals surface area contributed by atoms with Gasteiger partial charge in [0.05, 0.1) is 5.69 Å². The van der Waals surface area contributed by atoms with Crippen molar-refractivity contribution in [3.05, 3.63) is 53.9 Å². The van der Waals surface area contributed by atoms with Crippen LogP contribution < -0.4 is 4.90 Å². The van der Waals surface area contributed by atoms with Crippen LogP contribution in [0.4, 0.5) is 5.82 Å². The van der Waals surface area contributed by atoms with E-state index in [1.807, 2.05) is 19.1 Å². The largest absolute Gasteiger partial charge is 0.359 e. The van der Waals surface area contributed by atoms with Crippen LogP contribution in [0.25, 0.3) is 23.4 Å². The van der Waals surface area contributed by atoms with E-state index in [0.29, 0.717) is 0 Å². The molecule has 2 rings (SSSR count). The molecule has 0 N–H and O–H groups in total. The summed E-state index contributed by atoms with van der Waals surface area (Å²) in [4.78, 5) is 11.5. The maximum Gasteiger partial charge on any atom is 0.139 e. The highest BCUT2D eigenvalue weighted by Gasteiger charge is 2.17. The molecule has 0 amide bonds. The van der Waals surface area contributed by atoms with Crippen LogP contribution in [0.15, 0.2) is 31.4 Å². The van der Waals surface area contributed by atoms with E-state index in [9.17, 15) is 0 Å². The molecule has 3 heteroatoms. The highest BCUT2D eigenvalue weighted by Crippen LogP contribution is 2.33. The molecule has 0 aliphatic rings. The molecule has 1 heterocycles. The maximum absolute atomic E-state index is 4.71. The summed E-state index contributed by atoms with van der Waals surface area (Å²) < 4.78 is 0. The van der Waals surface area contributed by atoms with E-state index in [4.69, 9.17) is 4.98 Å². The van der Waals surface area contributed by atoms with Crippen LogP contribution in [0.3, 0.4) is 0 Å². The zero-order valence-electron chi connectivity index (χ0n) is 14.6. The first-order valence-corrected chi connectivity index (χ1v) is 7.98. The molecule has 23 heavy (non-hydrogen) atoms. The van der Waals surface area contributed by atoms with Gasteiger partial charge in [-0.1, -0.05) is 50.4 Å². The van der Waals surface area contributed by atoms with Gasteiger partial charge in [0.2, 0.25) is 0 Å². The Hall–Kier alpha value is -2.42.